The van der Waals surface area contributed by atoms with Crippen molar-refractivity contribution in [2.45, 2.75) is 0 Å². The lowest BCUT2D eigenvalue weighted by atomic mass is 10.3. The highest BCUT2D eigenvalue weighted by Crippen LogP contribution is 2.35. The lowest BCUT2D eigenvalue weighted by Gasteiger charge is -2.05. The summed E-state index contributed by atoms with van der Waals surface area (Å²) in [6.07, 6.45) is 2.69. The molecule has 2 aromatic rings. The van der Waals surface area contributed by atoms with Gasteiger partial charge in [-0.2, -0.15) is 0 Å². The summed E-state index contributed by atoms with van der Waals surface area (Å²) < 4.78 is 10.2. The first-order valence-corrected chi connectivity index (χ1v) is 4.53. The summed E-state index contributed by atoms with van der Waals surface area (Å²) in [4.78, 5) is 3.70. The number of nitrogens with zero attached hydrogens (tertiary/aromatic N) is 1. The molecule has 0 bridgehead atoms. The molecule has 1 aromatic carbocycles. The van der Waals surface area contributed by atoms with E-state index in [1.165, 1.54) is 12.6 Å². The minimum Gasteiger partial charge on any atom is -0.422 e. The highest BCUT2D eigenvalue weighted by molar-refractivity contribution is 6.37. The predicted molar refractivity (Wildman–Crippen MR) is 53.0 cm³/mol. The molecule has 0 amide bonds. The summed E-state index contributed by atoms with van der Waals surface area (Å²) in [5, 5.41) is 0.850. The molecule has 0 unspecified atom stereocenters. The highest BCUT2D eigenvalue weighted by Gasteiger charge is 2.09. The molecule has 0 atom stereocenters. The summed E-state index contributed by atoms with van der Waals surface area (Å²) in [5.41, 5.74) is 0. The van der Waals surface area contributed by atoms with Crippen molar-refractivity contribution in [2.75, 3.05) is 0 Å². The average Bonchev–Trinajstić information content (AvgIpc) is 2.64. The Morgan fingerprint density at radius 1 is 1.21 bits per heavy atom. The number of para-hydroxylation sites is 1. The zero-order valence-electron chi connectivity index (χ0n) is 6.91. The summed E-state index contributed by atoms with van der Waals surface area (Å²) in [7, 11) is 0. The van der Waals surface area contributed by atoms with Crippen LogP contribution in [0.25, 0.3) is 0 Å². The number of oxazole rings is 1. The van der Waals surface area contributed by atoms with E-state index in [0.717, 1.165) is 0 Å². The Labute approximate surface area is 90.2 Å². The van der Waals surface area contributed by atoms with Crippen molar-refractivity contribution in [1.29, 1.82) is 0 Å². The van der Waals surface area contributed by atoms with Crippen LogP contribution in [0.4, 0.5) is 0 Å². The molecule has 0 spiro atoms. The van der Waals surface area contributed by atoms with Crippen molar-refractivity contribution in [2.24, 2.45) is 0 Å². The maximum absolute atomic E-state index is 5.87. The fourth-order valence-corrected chi connectivity index (χ4v) is 1.41. The van der Waals surface area contributed by atoms with Crippen LogP contribution in [-0.2, 0) is 0 Å². The van der Waals surface area contributed by atoms with E-state index in [9.17, 15) is 0 Å². The smallest absolute Gasteiger partial charge is 0.310 e. The topological polar surface area (TPSA) is 35.3 Å². The van der Waals surface area contributed by atoms with E-state index >= 15 is 0 Å². The van der Waals surface area contributed by atoms with Crippen LogP contribution in [0, 0.1) is 0 Å². The Morgan fingerprint density at radius 2 is 1.93 bits per heavy atom. The van der Waals surface area contributed by atoms with E-state index in [1.807, 2.05) is 0 Å². The maximum Gasteiger partial charge on any atom is 0.310 e. The molecule has 72 valence electrons. The molecule has 2 rings (SSSR count). The van der Waals surface area contributed by atoms with Crippen LogP contribution in [0.5, 0.6) is 11.7 Å². The molecular weight excluding hydrogens is 225 g/mol. The molecule has 0 aliphatic heterocycles. The minimum atomic E-state index is 0.250. The second-order valence-electron chi connectivity index (χ2n) is 2.47. The number of halogens is 2. The van der Waals surface area contributed by atoms with E-state index < -0.39 is 0 Å². The van der Waals surface area contributed by atoms with Gasteiger partial charge in [0.15, 0.2) is 12.1 Å². The van der Waals surface area contributed by atoms with Crippen LogP contribution in [-0.4, -0.2) is 4.98 Å². The van der Waals surface area contributed by atoms with Gasteiger partial charge in [-0.25, -0.2) is 4.98 Å². The van der Waals surface area contributed by atoms with Gasteiger partial charge >= 0.3 is 5.95 Å². The van der Waals surface area contributed by atoms with Crippen LogP contribution in [0.3, 0.4) is 0 Å². The van der Waals surface area contributed by atoms with Gasteiger partial charge in [0, 0.05) is 0 Å². The van der Waals surface area contributed by atoms with Crippen LogP contribution >= 0.6 is 23.2 Å². The second-order valence-corrected chi connectivity index (χ2v) is 3.29. The largest absolute Gasteiger partial charge is 0.422 e. The predicted octanol–water partition coefficient (Wildman–Crippen LogP) is 3.77. The van der Waals surface area contributed by atoms with Gasteiger partial charge in [0.1, 0.15) is 6.20 Å². The van der Waals surface area contributed by atoms with Gasteiger partial charge in [-0.1, -0.05) is 29.3 Å². The number of rotatable bonds is 2. The Balaban J connectivity index is 2.33. The van der Waals surface area contributed by atoms with Gasteiger partial charge in [-0.3, -0.25) is 0 Å². The van der Waals surface area contributed by atoms with Crippen LogP contribution in [0.15, 0.2) is 35.2 Å². The molecule has 3 nitrogen and oxygen atoms in total. The molecule has 0 saturated carbocycles. The number of hydrogen-bond acceptors (Lipinski definition) is 3. The van der Waals surface area contributed by atoms with Gasteiger partial charge in [0.2, 0.25) is 0 Å². The lowest BCUT2D eigenvalue weighted by Crippen LogP contribution is -1.84. The highest BCUT2D eigenvalue weighted by atomic mass is 35.5. The molecule has 0 N–H and O–H groups in total. The standard InChI is InChI=1S/C9H5Cl2NO2/c10-6-2-1-3-7(11)9(6)14-8-4-12-5-13-8/h1-5H. The first kappa shape index (κ1) is 9.37. The number of benzene rings is 1. The first-order chi connectivity index (χ1) is 6.77. The number of aromatic nitrogens is 1. The molecule has 0 fully saturated rings. The summed E-state index contributed by atoms with van der Waals surface area (Å²) in [6.45, 7) is 0. The minimum absolute atomic E-state index is 0.250. The molecule has 5 heteroatoms. The van der Waals surface area contributed by atoms with Crippen molar-refractivity contribution >= 4 is 23.2 Å². The molecule has 14 heavy (non-hydrogen) atoms. The van der Waals surface area contributed by atoms with Gasteiger partial charge in [-0.05, 0) is 12.1 Å². The van der Waals surface area contributed by atoms with Crippen molar-refractivity contribution in [3.63, 3.8) is 0 Å². The molecule has 0 radical (unpaired) electrons. The van der Waals surface area contributed by atoms with E-state index in [4.69, 9.17) is 32.4 Å². The fraction of sp³-hybridized carbons (Fsp3) is 0. The monoisotopic (exact) mass is 229 g/mol. The van der Waals surface area contributed by atoms with Crippen molar-refractivity contribution < 1.29 is 9.15 Å². The van der Waals surface area contributed by atoms with E-state index in [0.29, 0.717) is 15.8 Å². The van der Waals surface area contributed by atoms with Crippen LogP contribution in [0.2, 0.25) is 10.0 Å². The van der Waals surface area contributed by atoms with Crippen molar-refractivity contribution in [3.05, 3.63) is 40.8 Å². The van der Waals surface area contributed by atoms with Crippen LogP contribution < -0.4 is 4.74 Å². The Kier molecular flexibility index (Phi) is 2.61. The fourth-order valence-electron chi connectivity index (χ4n) is 0.935. The normalized spacial score (nSPS) is 10.1. The van der Waals surface area contributed by atoms with Crippen molar-refractivity contribution in [1.82, 2.24) is 4.98 Å². The second kappa shape index (κ2) is 3.90. The van der Waals surface area contributed by atoms with Gasteiger partial charge < -0.3 is 9.15 Å². The molecule has 1 heterocycles. The molecule has 0 saturated heterocycles. The third kappa shape index (κ3) is 1.84. The van der Waals surface area contributed by atoms with Crippen LogP contribution in [0.1, 0.15) is 0 Å². The maximum atomic E-state index is 5.87. The summed E-state index contributed by atoms with van der Waals surface area (Å²) in [6, 6.07) is 5.09. The third-order valence-electron chi connectivity index (χ3n) is 1.53. The zero-order chi connectivity index (χ0) is 9.97. The zero-order valence-corrected chi connectivity index (χ0v) is 8.42. The Hall–Kier alpha value is -1.19. The average molecular weight is 230 g/mol. The Morgan fingerprint density at radius 3 is 2.50 bits per heavy atom. The quantitative estimate of drug-likeness (QED) is 0.787. The summed E-state index contributed by atoms with van der Waals surface area (Å²) in [5.74, 6) is 0.618. The number of hydrogen-bond donors (Lipinski definition) is 0. The van der Waals surface area contributed by atoms with E-state index in [2.05, 4.69) is 4.98 Å². The van der Waals surface area contributed by atoms with E-state index in [-0.39, 0.29) is 5.95 Å². The van der Waals surface area contributed by atoms with Gasteiger partial charge in [0.25, 0.3) is 0 Å². The lowest BCUT2D eigenvalue weighted by molar-refractivity contribution is 0.346. The Bertz CT molecular complexity index is 408. The van der Waals surface area contributed by atoms with E-state index in [1.54, 1.807) is 18.2 Å². The molecular formula is C9H5Cl2NO2. The first-order valence-electron chi connectivity index (χ1n) is 3.78. The van der Waals surface area contributed by atoms with Crippen molar-refractivity contribution in [3.8, 4) is 11.7 Å². The summed E-state index contributed by atoms with van der Waals surface area (Å²) >= 11 is 11.7. The SMILES string of the molecule is Clc1cccc(Cl)c1Oc1cnco1. The molecule has 1 aromatic heterocycles. The molecule has 0 aliphatic carbocycles. The number of ether oxygens (including phenoxy) is 1. The third-order valence-corrected chi connectivity index (χ3v) is 2.13. The van der Waals surface area contributed by atoms with Gasteiger partial charge in [0.05, 0.1) is 10.0 Å². The molecule has 0 aliphatic rings. The van der Waals surface area contributed by atoms with Gasteiger partial charge in [-0.15, -0.1) is 0 Å².